The zero-order valence-corrected chi connectivity index (χ0v) is 14.4. The molecule has 2 aromatic rings. The number of rotatable bonds is 5. The fraction of sp³-hybridized carbons (Fsp3) is 0.167. The van der Waals surface area contributed by atoms with Gasteiger partial charge in [0.1, 0.15) is 0 Å². The lowest BCUT2D eigenvalue weighted by molar-refractivity contribution is -0.385. The van der Waals surface area contributed by atoms with E-state index in [1.54, 1.807) is 25.1 Å². The Labute approximate surface area is 153 Å². The Bertz CT molecular complexity index is 893. The molecule has 0 atom stereocenters. The molecule has 0 aliphatic rings. The second-order valence-electron chi connectivity index (χ2n) is 5.76. The number of nitrogens with one attached hydrogen (secondary N) is 1. The first kappa shape index (κ1) is 20.0. The number of hydrogen-bond acceptors (Lipinski definition) is 4. The largest absolute Gasteiger partial charge is 0.416 e. The number of nitrogens with zero attached hydrogens (tertiary/aromatic N) is 2. The Morgan fingerprint density at radius 3 is 2.44 bits per heavy atom. The van der Waals surface area contributed by atoms with Gasteiger partial charge in [0.25, 0.3) is 5.69 Å². The summed E-state index contributed by atoms with van der Waals surface area (Å²) in [5.41, 5.74) is -0.516. The summed E-state index contributed by atoms with van der Waals surface area (Å²) in [6.45, 7) is 0. The van der Waals surface area contributed by atoms with Gasteiger partial charge in [0.15, 0.2) is 0 Å². The highest BCUT2D eigenvalue weighted by Gasteiger charge is 2.31. The Balaban J connectivity index is 2.28. The van der Waals surface area contributed by atoms with Crippen LogP contribution in [-0.4, -0.2) is 24.9 Å². The number of halogens is 3. The molecule has 142 valence electrons. The second-order valence-corrected chi connectivity index (χ2v) is 5.76. The molecule has 0 unspecified atom stereocenters. The van der Waals surface area contributed by atoms with Gasteiger partial charge in [-0.1, -0.05) is 12.1 Å². The fourth-order valence-corrected chi connectivity index (χ4v) is 2.34. The van der Waals surface area contributed by atoms with E-state index < -0.39 is 22.6 Å². The second kappa shape index (κ2) is 7.90. The first-order valence-corrected chi connectivity index (χ1v) is 7.70. The van der Waals surface area contributed by atoms with Gasteiger partial charge < -0.3 is 10.2 Å². The van der Waals surface area contributed by atoms with E-state index >= 15 is 0 Å². The molecule has 0 aliphatic heterocycles. The van der Waals surface area contributed by atoms with Crippen LogP contribution < -0.4 is 10.2 Å². The van der Waals surface area contributed by atoms with Gasteiger partial charge in [-0.2, -0.15) is 13.2 Å². The Morgan fingerprint density at radius 2 is 1.85 bits per heavy atom. The number of nitro benzene ring substituents is 1. The van der Waals surface area contributed by atoms with E-state index in [4.69, 9.17) is 0 Å². The third kappa shape index (κ3) is 5.06. The summed E-state index contributed by atoms with van der Waals surface area (Å²) in [6.07, 6.45) is -2.29. The molecule has 6 nitrogen and oxygen atoms in total. The number of amides is 1. The molecular weight excluding hydrogens is 363 g/mol. The molecule has 1 N–H and O–H groups in total. The van der Waals surface area contributed by atoms with Crippen LogP contribution in [0.2, 0.25) is 0 Å². The number of nitro groups is 1. The van der Waals surface area contributed by atoms with E-state index in [-0.39, 0.29) is 16.9 Å². The van der Waals surface area contributed by atoms with Crippen LogP contribution in [0.25, 0.3) is 6.08 Å². The maximum atomic E-state index is 12.9. The summed E-state index contributed by atoms with van der Waals surface area (Å²) in [4.78, 5) is 24.1. The molecule has 0 aliphatic carbocycles. The monoisotopic (exact) mass is 379 g/mol. The fourth-order valence-electron chi connectivity index (χ4n) is 2.34. The van der Waals surface area contributed by atoms with Crippen molar-refractivity contribution in [1.29, 1.82) is 0 Å². The number of carbonyl (C=O) groups excluding carboxylic acids is 1. The SMILES string of the molecule is CN(C)c1ccc(C(F)(F)F)cc1NC(=O)C=Cc1ccccc1[N+](=O)[O-]. The quantitative estimate of drug-likeness (QED) is 0.477. The molecule has 1 amide bonds. The summed E-state index contributed by atoms with van der Waals surface area (Å²) in [5.74, 6) is -0.712. The van der Waals surface area contributed by atoms with Crippen molar-refractivity contribution >= 4 is 29.0 Å². The van der Waals surface area contributed by atoms with Crippen LogP contribution in [0.15, 0.2) is 48.5 Å². The highest BCUT2D eigenvalue weighted by molar-refractivity contribution is 6.04. The van der Waals surface area contributed by atoms with Gasteiger partial charge in [-0.25, -0.2) is 0 Å². The van der Waals surface area contributed by atoms with Gasteiger partial charge in [0.05, 0.1) is 27.4 Å². The lowest BCUT2D eigenvalue weighted by Gasteiger charge is -2.19. The van der Waals surface area contributed by atoms with Crippen LogP contribution >= 0.6 is 0 Å². The summed E-state index contributed by atoms with van der Waals surface area (Å²) < 4.78 is 38.8. The minimum atomic E-state index is -4.55. The molecule has 9 heteroatoms. The zero-order valence-electron chi connectivity index (χ0n) is 14.4. The van der Waals surface area contributed by atoms with E-state index in [0.29, 0.717) is 5.69 Å². The molecule has 0 saturated carbocycles. The van der Waals surface area contributed by atoms with Gasteiger partial charge in [-0.05, 0) is 30.3 Å². The van der Waals surface area contributed by atoms with Gasteiger partial charge in [0, 0.05) is 26.2 Å². The van der Waals surface area contributed by atoms with Gasteiger partial charge >= 0.3 is 6.18 Å². The predicted molar refractivity (Wildman–Crippen MR) is 96.5 cm³/mol. The Hall–Kier alpha value is -3.36. The van der Waals surface area contributed by atoms with Crippen molar-refractivity contribution < 1.29 is 22.9 Å². The lowest BCUT2D eigenvalue weighted by Crippen LogP contribution is -2.16. The van der Waals surface area contributed by atoms with Crippen molar-refractivity contribution in [2.75, 3.05) is 24.3 Å². The average Bonchev–Trinajstić information content (AvgIpc) is 2.59. The van der Waals surface area contributed by atoms with E-state index in [0.717, 1.165) is 18.2 Å². The van der Waals surface area contributed by atoms with Crippen LogP contribution in [-0.2, 0) is 11.0 Å². The summed E-state index contributed by atoms with van der Waals surface area (Å²) in [5, 5.41) is 13.4. The van der Waals surface area contributed by atoms with Crippen LogP contribution in [0, 0.1) is 10.1 Å². The standard InChI is InChI=1S/C18H16F3N3O3/c1-23(2)16-9-8-13(18(19,20)21)11-14(16)22-17(25)10-7-12-5-3-4-6-15(12)24(26)27/h3-11H,1-2H3,(H,22,25). The topological polar surface area (TPSA) is 75.5 Å². The first-order chi connectivity index (χ1) is 12.6. The first-order valence-electron chi connectivity index (χ1n) is 7.70. The normalized spacial score (nSPS) is 11.4. The van der Waals surface area contributed by atoms with Crippen LogP contribution in [0.4, 0.5) is 30.2 Å². The molecule has 0 fully saturated rings. The molecule has 0 spiro atoms. The van der Waals surface area contributed by atoms with E-state index in [9.17, 15) is 28.1 Å². The van der Waals surface area contributed by atoms with E-state index in [2.05, 4.69) is 5.32 Å². The van der Waals surface area contributed by atoms with Crippen LogP contribution in [0.5, 0.6) is 0 Å². The van der Waals surface area contributed by atoms with Crippen LogP contribution in [0.1, 0.15) is 11.1 Å². The summed E-state index contributed by atoms with van der Waals surface area (Å²) in [6, 6.07) is 8.82. The minimum Gasteiger partial charge on any atom is -0.376 e. The van der Waals surface area contributed by atoms with Crippen molar-refractivity contribution in [1.82, 2.24) is 0 Å². The maximum absolute atomic E-state index is 12.9. The van der Waals surface area contributed by atoms with Crippen molar-refractivity contribution in [3.63, 3.8) is 0 Å². The molecule has 2 rings (SSSR count). The predicted octanol–water partition coefficient (Wildman–Crippen LogP) is 4.33. The Morgan fingerprint density at radius 1 is 1.19 bits per heavy atom. The molecular formula is C18H16F3N3O3. The van der Waals surface area contributed by atoms with Crippen LogP contribution in [0.3, 0.4) is 0 Å². The lowest BCUT2D eigenvalue weighted by atomic mass is 10.1. The molecule has 0 saturated heterocycles. The minimum absolute atomic E-state index is 0.0213. The number of hydrogen-bond donors (Lipinski definition) is 1. The van der Waals surface area contributed by atoms with Crippen molar-refractivity contribution in [2.24, 2.45) is 0 Å². The number of alkyl halides is 3. The molecule has 2 aromatic carbocycles. The third-order valence-corrected chi connectivity index (χ3v) is 3.61. The number of carbonyl (C=O) groups is 1. The highest BCUT2D eigenvalue weighted by atomic mass is 19.4. The van der Waals surface area contributed by atoms with Gasteiger partial charge in [-0.3, -0.25) is 14.9 Å². The molecule has 0 heterocycles. The number of benzene rings is 2. The zero-order chi connectivity index (χ0) is 20.2. The average molecular weight is 379 g/mol. The molecule has 0 aromatic heterocycles. The maximum Gasteiger partial charge on any atom is 0.416 e. The summed E-state index contributed by atoms with van der Waals surface area (Å²) in [7, 11) is 3.25. The molecule has 0 radical (unpaired) electrons. The van der Waals surface area contributed by atoms with E-state index in [1.165, 1.54) is 30.3 Å². The third-order valence-electron chi connectivity index (χ3n) is 3.61. The molecule has 27 heavy (non-hydrogen) atoms. The molecule has 0 bridgehead atoms. The van der Waals surface area contributed by atoms with E-state index in [1.807, 2.05) is 0 Å². The Kier molecular flexibility index (Phi) is 5.84. The van der Waals surface area contributed by atoms with Crippen molar-refractivity contribution in [2.45, 2.75) is 6.18 Å². The van der Waals surface area contributed by atoms with Crippen molar-refractivity contribution in [3.8, 4) is 0 Å². The summed E-state index contributed by atoms with van der Waals surface area (Å²) >= 11 is 0. The smallest absolute Gasteiger partial charge is 0.376 e. The highest BCUT2D eigenvalue weighted by Crippen LogP contribution is 2.35. The number of para-hydroxylation sites is 1. The van der Waals surface area contributed by atoms with Gasteiger partial charge in [0.2, 0.25) is 5.91 Å². The van der Waals surface area contributed by atoms with Gasteiger partial charge in [-0.15, -0.1) is 0 Å². The van der Waals surface area contributed by atoms with Crippen molar-refractivity contribution in [3.05, 3.63) is 69.8 Å². The number of anilines is 2.